The Balaban J connectivity index is 1.86. The summed E-state index contributed by atoms with van der Waals surface area (Å²) in [6.45, 7) is 1.27. The van der Waals surface area contributed by atoms with Crippen molar-refractivity contribution in [2.75, 3.05) is 32.1 Å². The van der Waals surface area contributed by atoms with E-state index in [1.807, 2.05) is 37.4 Å². The lowest BCUT2D eigenvalue weighted by molar-refractivity contribution is 0.0954. The number of amides is 1. The van der Waals surface area contributed by atoms with Gasteiger partial charge in [0.25, 0.3) is 5.91 Å². The number of halogens is 1. The smallest absolute Gasteiger partial charge is 0.251 e. The summed E-state index contributed by atoms with van der Waals surface area (Å²) >= 11 is 6.02. The maximum absolute atomic E-state index is 12.1. The van der Waals surface area contributed by atoms with E-state index in [9.17, 15) is 4.79 Å². The molecule has 0 radical (unpaired) electrons. The van der Waals surface area contributed by atoms with Crippen molar-refractivity contribution in [1.82, 2.24) is 5.32 Å². The number of methoxy groups -OCH3 is 1. The molecule has 0 aliphatic heterocycles. The molecule has 5 heteroatoms. The third kappa shape index (κ3) is 4.15. The zero-order valence-corrected chi connectivity index (χ0v) is 13.4. The monoisotopic (exact) mass is 318 g/mol. The molecule has 2 aromatic carbocycles. The lowest BCUT2D eigenvalue weighted by Gasteiger charge is -2.19. The summed E-state index contributed by atoms with van der Waals surface area (Å²) in [6, 6.07) is 15.0. The molecule has 1 N–H and O–H groups in total. The first kappa shape index (κ1) is 16.2. The van der Waals surface area contributed by atoms with Crippen molar-refractivity contribution < 1.29 is 9.53 Å². The number of anilines is 1. The van der Waals surface area contributed by atoms with Crippen LogP contribution < -0.4 is 15.0 Å². The highest BCUT2D eigenvalue weighted by atomic mass is 35.5. The molecule has 0 spiro atoms. The molecule has 0 heterocycles. The van der Waals surface area contributed by atoms with Gasteiger partial charge < -0.3 is 15.0 Å². The van der Waals surface area contributed by atoms with Gasteiger partial charge in [-0.1, -0.05) is 29.8 Å². The van der Waals surface area contributed by atoms with Gasteiger partial charge in [0.15, 0.2) is 0 Å². The molecule has 2 rings (SSSR count). The molecule has 0 fully saturated rings. The maximum Gasteiger partial charge on any atom is 0.251 e. The molecule has 0 aliphatic carbocycles. The standard InChI is InChI=1S/C17H19ClN2O2/c1-20(14-6-4-3-5-7-14)11-10-19-17(21)13-8-9-16(22-2)15(18)12-13/h3-9,12H,10-11H2,1-2H3,(H,19,21). The van der Waals surface area contributed by atoms with Crippen LogP contribution in [0.3, 0.4) is 0 Å². The van der Waals surface area contributed by atoms with Crippen molar-refractivity contribution in [3.05, 3.63) is 59.1 Å². The molecule has 2 aromatic rings. The Morgan fingerprint density at radius 2 is 1.95 bits per heavy atom. The second-order valence-corrected chi connectivity index (χ2v) is 5.27. The molecule has 1 amide bonds. The van der Waals surface area contributed by atoms with Gasteiger partial charge in [-0.05, 0) is 30.3 Å². The van der Waals surface area contributed by atoms with Gasteiger partial charge in [0.1, 0.15) is 5.75 Å². The third-order valence-electron chi connectivity index (χ3n) is 3.34. The minimum atomic E-state index is -0.147. The van der Waals surface area contributed by atoms with Gasteiger partial charge >= 0.3 is 0 Å². The van der Waals surface area contributed by atoms with Crippen LogP contribution in [-0.2, 0) is 0 Å². The maximum atomic E-state index is 12.1. The first-order valence-corrected chi connectivity index (χ1v) is 7.37. The van der Waals surface area contributed by atoms with Gasteiger partial charge in [0.05, 0.1) is 12.1 Å². The van der Waals surface area contributed by atoms with E-state index in [0.717, 1.165) is 12.2 Å². The zero-order chi connectivity index (χ0) is 15.9. The van der Waals surface area contributed by atoms with E-state index in [1.165, 1.54) is 0 Å². The number of nitrogens with one attached hydrogen (secondary N) is 1. The Morgan fingerprint density at radius 1 is 1.23 bits per heavy atom. The lowest BCUT2D eigenvalue weighted by Crippen LogP contribution is -2.32. The van der Waals surface area contributed by atoms with Crippen LogP contribution in [0.15, 0.2) is 48.5 Å². The summed E-state index contributed by atoms with van der Waals surface area (Å²) in [5.41, 5.74) is 1.64. The largest absolute Gasteiger partial charge is 0.495 e. The quantitative estimate of drug-likeness (QED) is 0.889. The van der Waals surface area contributed by atoms with Crippen LogP contribution >= 0.6 is 11.6 Å². The Hall–Kier alpha value is -2.20. The number of likely N-dealkylation sites (N-methyl/N-ethyl adjacent to an activating group) is 1. The van der Waals surface area contributed by atoms with E-state index in [0.29, 0.717) is 22.9 Å². The molecule has 0 aliphatic rings. The summed E-state index contributed by atoms with van der Waals surface area (Å²) in [7, 11) is 3.53. The lowest BCUT2D eigenvalue weighted by atomic mass is 10.2. The highest BCUT2D eigenvalue weighted by Gasteiger charge is 2.09. The summed E-state index contributed by atoms with van der Waals surface area (Å²) in [4.78, 5) is 14.2. The van der Waals surface area contributed by atoms with Gasteiger partial charge in [-0.2, -0.15) is 0 Å². The van der Waals surface area contributed by atoms with E-state index < -0.39 is 0 Å². The van der Waals surface area contributed by atoms with E-state index in [2.05, 4.69) is 10.2 Å². The Kier molecular flexibility index (Phi) is 5.67. The normalized spacial score (nSPS) is 10.1. The van der Waals surface area contributed by atoms with Crippen LogP contribution in [0.2, 0.25) is 5.02 Å². The van der Waals surface area contributed by atoms with Crippen LogP contribution in [0.1, 0.15) is 10.4 Å². The molecular formula is C17H19ClN2O2. The SMILES string of the molecule is COc1ccc(C(=O)NCCN(C)c2ccccc2)cc1Cl. The second kappa shape index (κ2) is 7.71. The Labute approximate surface area is 135 Å². The van der Waals surface area contributed by atoms with Crippen molar-refractivity contribution in [3.63, 3.8) is 0 Å². The predicted molar refractivity (Wildman–Crippen MR) is 90.0 cm³/mol. The minimum Gasteiger partial charge on any atom is -0.495 e. The van der Waals surface area contributed by atoms with Crippen LogP contribution in [0.4, 0.5) is 5.69 Å². The fourth-order valence-electron chi connectivity index (χ4n) is 2.06. The number of carbonyl (C=O) groups excluding carboxylic acids is 1. The van der Waals surface area contributed by atoms with Gasteiger partial charge in [0, 0.05) is 31.4 Å². The molecule has 4 nitrogen and oxygen atoms in total. The number of nitrogens with zero attached hydrogens (tertiary/aromatic N) is 1. The number of ether oxygens (including phenoxy) is 1. The Bertz CT molecular complexity index is 632. The van der Waals surface area contributed by atoms with E-state index in [-0.39, 0.29) is 5.91 Å². The topological polar surface area (TPSA) is 41.6 Å². The van der Waals surface area contributed by atoms with Crippen LogP contribution in [0, 0.1) is 0 Å². The summed E-state index contributed by atoms with van der Waals surface area (Å²) in [5, 5.41) is 3.31. The summed E-state index contributed by atoms with van der Waals surface area (Å²) in [6.07, 6.45) is 0. The van der Waals surface area contributed by atoms with E-state index in [1.54, 1.807) is 25.3 Å². The van der Waals surface area contributed by atoms with E-state index in [4.69, 9.17) is 16.3 Å². The number of carbonyl (C=O) groups is 1. The number of benzene rings is 2. The van der Waals surface area contributed by atoms with Crippen LogP contribution in [0.25, 0.3) is 0 Å². The third-order valence-corrected chi connectivity index (χ3v) is 3.64. The van der Waals surface area contributed by atoms with Gasteiger partial charge in [-0.3, -0.25) is 4.79 Å². The molecule has 0 aromatic heterocycles. The number of para-hydroxylation sites is 1. The van der Waals surface area contributed by atoms with Crippen LogP contribution in [-0.4, -0.2) is 33.2 Å². The number of hydrogen-bond donors (Lipinski definition) is 1. The molecular weight excluding hydrogens is 300 g/mol. The number of hydrogen-bond acceptors (Lipinski definition) is 3. The van der Waals surface area contributed by atoms with Crippen molar-refractivity contribution in [3.8, 4) is 5.75 Å². The highest BCUT2D eigenvalue weighted by molar-refractivity contribution is 6.32. The first-order chi connectivity index (χ1) is 10.6. The molecule has 0 unspecified atom stereocenters. The van der Waals surface area contributed by atoms with Crippen LogP contribution in [0.5, 0.6) is 5.75 Å². The molecule has 0 saturated heterocycles. The summed E-state index contributed by atoms with van der Waals surface area (Å²) in [5.74, 6) is 0.410. The van der Waals surface area contributed by atoms with Gasteiger partial charge in [0.2, 0.25) is 0 Å². The zero-order valence-electron chi connectivity index (χ0n) is 12.7. The van der Waals surface area contributed by atoms with Gasteiger partial charge in [-0.25, -0.2) is 0 Å². The molecule has 116 valence electrons. The minimum absolute atomic E-state index is 0.147. The number of rotatable bonds is 6. The average molecular weight is 319 g/mol. The summed E-state index contributed by atoms with van der Waals surface area (Å²) < 4.78 is 5.07. The Morgan fingerprint density at radius 3 is 2.59 bits per heavy atom. The molecule has 22 heavy (non-hydrogen) atoms. The molecule has 0 bridgehead atoms. The molecule has 0 saturated carbocycles. The molecule has 0 atom stereocenters. The van der Waals surface area contributed by atoms with E-state index >= 15 is 0 Å². The second-order valence-electron chi connectivity index (χ2n) is 4.86. The predicted octanol–water partition coefficient (Wildman–Crippen LogP) is 3.21. The van der Waals surface area contributed by atoms with Crippen molar-refractivity contribution >= 4 is 23.2 Å². The fraction of sp³-hybridized carbons (Fsp3) is 0.235. The highest BCUT2D eigenvalue weighted by Crippen LogP contribution is 2.24. The van der Waals surface area contributed by atoms with Crippen molar-refractivity contribution in [1.29, 1.82) is 0 Å². The first-order valence-electron chi connectivity index (χ1n) is 6.99. The van der Waals surface area contributed by atoms with Gasteiger partial charge in [-0.15, -0.1) is 0 Å². The van der Waals surface area contributed by atoms with Crippen molar-refractivity contribution in [2.45, 2.75) is 0 Å². The fourth-order valence-corrected chi connectivity index (χ4v) is 2.32. The van der Waals surface area contributed by atoms with Crippen molar-refractivity contribution in [2.24, 2.45) is 0 Å². The average Bonchev–Trinajstić information content (AvgIpc) is 2.55.